The van der Waals surface area contributed by atoms with Crippen LogP contribution in [0.1, 0.15) is 63.0 Å². The van der Waals surface area contributed by atoms with Crippen molar-refractivity contribution in [1.29, 1.82) is 0 Å². The molecule has 5 nitrogen and oxygen atoms in total. The first-order valence-corrected chi connectivity index (χ1v) is 9.45. The third-order valence-electron chi connectivity index (χ3n) is 4.66. The van der Waals surface area contributed by atoms with Crippen molar-refractivity contribution in [2.45, 2.75) is 58.4 Å². The summed E-state index contributed by atoms with van der Waals surface area (Å²) in [5.74, 6) is 2.72. The van der Waals surface area contributed by atoms with Crippen LogP contribution in [0.3, 0.4) is 0 Å². The van der Waals surface area contributed by atoms with Gasteiger partial charge in [-0.25, -0.2) is 0 Å². The van der Waals surface area contributed by atoms with Gasteiger partial charge in [-0.2, -0.15) is 0 Å². The van der Waals surface area contributed by atoms with Crippen molar-refractivity contribution in [3.8, 4) is 0 Å². The van der Waals surface area contributed by atoms with Gasteiger partial charge in [0, 0.05) is 13.6 Å². The van der Waals surface area contributed by atoms with E-state index in [1.807, 2.05) is 26.1 Å². The molecule has 0 bridgehead atoms. The van der Waals surface area contributed by atoms with Crippen molar-refractivity contribution in [2.75, 3.05) is 33.2 Å². The molecule has 2 heterocycles. The van der Waals surface area contributed by atoms with Gasteiger partial charge in [0.25, 0.3) is 0 Å². The monoisotopic (exact) mass is 334 g/mol. The van der Waals surface area contributed by atoms with Crippen molar-refractivity contribution < 1.29 is 4.42 Å². The van der Waals surface area contributed by atoms with Crippen molar-refractivity contribution in [1.82, 2.24) is 15.5 Å². The lowest BCUT2D eigenvalue weighted by atomic mass is 10.1. The van der Waals surface area contributed by atoms with Gasteiger partial charge in [-0.05, 0) is 71.3 Å². The quantitative estimate of drug-likeness (QED) is 0.434. The summed E-state index contributed by atoms with van der Waals surface area (Å²) in [6.45, 7) is 8.89. The molecule has 1 fully saturated rings. The molecule has 1 saturated heterocycles. The topological polar surface area (TPSA) is 52.8 Å². The Balaban J connectivity index is 1.56. The Hall–Kier alpha value is -1.49. The summed E-state index contributed by atoms with van der Waals surface area (Å²) in [4.78, 5) is 6.91. The summed E-state index contributed by atoms with van der Waals surface area (Å²) in [7, 11) is 1.81. The number of rotatable bonds is 8. The van der Waals surface area contributed by atoms with Gasteiger partial charge in [0.05, 0.1) is 6.04 Å². The van der Waals surface area contributed by atoms with E-state index in [1.165, 1.54) is 58.2 Å². The minimum atomic E-state index is 0.115. The highest BCUT2D eigenvalue weighted by atomic mass is 16.3. The number of aryl methyl sites for hydroxylation is 1. The molecule has 0 spiro atoms. The number of aliphatic imine (C=N–C) groups is 1. The van der Waals surface area contributed by atoms with Crippen molar-refractivity contribution >= 4 is 5.96 Å². The lowest BCUT2D eigenvalue weighted by Crippen LogP contribution is -2.39. The normalized spacial score (nSPS) is 17.7. The Labute approximate surface area is 146 Å². The zero-order valence-corrected chi connectivity index (χ0v) is 15.6. The number of nitrogens with one attached hydrogen (secondary N) is 2. The van der Waals surface area contributed by atoms with Crippen molar-refractivity contribution in [2.24, 2.45) is 4.99 Å². The molecule has 0 saturated carbocycles. The highest BCUT2D eigenvalue weighted by Gasteiger charge is 2.11. The number of nitrogens with zero attached hydrogens (tertiary/aromatic N) is 2. The Kier molecular flexibility index (Phi) is 8.16. The van der Waals surface area contributed by atoms with Crippen LogP contribution in [0.25, 0.3) is 0 Å². The van der Waals surface area contributed by atoms with Gasteiger partial charge in [-0.3, -0.25) is 4.99 Å². The van der Waals surface area contributed by atoms with E-state index in [0.29, 0.717) is 0 Å². The van der Waals surface area contributed by atoms with Gasteiger partial charge in [0.1, 0.15) is 11.5 Å². The number of piperidine rings is 1. The van der Waals surface area contributed by atoms with E-state index >= 15 is 0 Å². The van der Waals surface area contributed by atoms with Crippen LogP contribution in [-0.4, -0.2) is 44.1 Å². The minimum absolute atomic E-state index is 0.115. The van der Waals surface area contributed by atoms with E-state index in [-0.39, 0.29) is 6.04 Å². The third kappa shape index (κ3) is 6.56. The van der Waals surface area contributed by atoms with Gasteiger partial charge in [0.2, 0.25) is 0 Å². The van der Waals surface area contributed by atoms with Gasteiger partial charge in [-0.1, -0.05) is 12.8 Å². The maximum absolute atomic E-state index is 5.66. The SMILES string of the molecule is CN=C(NCCCCCN1CCCCC1)NC(C)c1ccc(C)o1. The van der Waals surface area contributed by atoms with E-state index in [4.69, 9.17) is 4.42 Å². The fourth-order valence-electron chi connectivity index (χ4n) is 3.18. The number of guanidine groups is 1. The van der Waals surface area contributed by atoms with Crippen LogP contribution in [0.15, 0.2) is 21.5 Å². The molecule has 24 heavy (non-hydrogen) atoms. The molecule has 136 valence electrons. The third-order valence-corrected chi connectivity index (χ3v) is 4.66. The van der Waals surface area contributed by atoms with E-state index in [9.17, 15) is 0 Å². The Morgan fingerprint density at radius 1 is 1.21 bits per heavy atom. The molecular formula is C19H34N4O. The zero-order chi connectivity index (χ0) is 17.2. The van der Waals surface area contributed by atoms with Crippen LogP contribution >= 0.6 is 0 Å². The maximum atomic E-state index is 5.66. The maximum Gasteiger partial charge on any atom is 0.191 e. The average Bonchev–Trinajstić information content (AvgIpc) is 3.04. The summed E-state index contributed by atoms with van der Waals surface area (Å²) < 4.78 is 5.66. The Morgan fingerprint density at radius 3 is 2.67 bits per heavy atom. The molecular weight excluding hydrogens is 300 g/mol. The fourth-order valence-corrected chi connectivity index (χ4v) is 3.18. The van der Waals surface area contributed by atoms with E-state index in [0.717, 1.165) is 24.0 Å². The smallest absolute Gasteiger partial charge is 0.191 e. The van der Waals surface area contributed by atoms with Gasteiger partial charge in [-0.15, -0.1) is 0 Å². The fraction of sp³-hybridized carbons (Fsp3) is 0.737. The van der Waals surface area contributed by atoms with Crippen LogP contribution in [0.5, 0.6) is 0 Å². The first kappa shape index (κ1) is 18.8. The predicted octanol–water partition coefficient (Wildman–Crippen LogP) is 3.47. The molecule has 0 radical (unpaired) electrons. The molecule has 2 N–H and O–H groups in total. The molecule has 1 atom stereocenters. The lowest BCUT2D eigenvalue weighted by Gasteiger charge is -2.26. The second kappa shape index (κ2) is 10.4. The number of furan rings is 1. The summed E-state index contributed by atoms with van der Waals surface area (Å²) in [5, 5.41) is 6.77. The molecule has 2 rings (SSSR count). The molecule has 0 aromatic carbocycles. The van der Waals surface area contributed by atoms with Gasteiger partial charge < -0.3 is 20.0 Å². The van der Waals surface area contributed by atoms with Crippen LogP contribution in [-0.2, 0) is 0 Å². The molecule has 1 unspecified atom stereocenters. The van der Waals surface area contributed by atoms with Crippen LogP contribution in [0.2, 0.25) is 0 Å². The summed E-state index contributed by atoms with van der Waals surface area (Å²) in [6.07, 6.45) is 7.95. The Morgan fingerprint density at radius 2 is 2.00 bits per heavy atom. The van der Waals surface area contributed by atoms with Gasteiger partial charge >= 0.3 is 0 Å². The van der Waals surface area contributed by atoms with E-state index < -0.39 is 0 Å². The summed E-state index contributed by atoms with van der Waals surface area (Å²) in [5.41, 5.74) is 0. The highest BCUT2D eigenvalue weighted by Crippen LogP contribution is 2.15. The minimum Gasteiger partial charge on any atom is -0.464 e. The first-order chi connectivity index (χ1) is 11.7. The second-order valence-electron chi connectivity index (χ2n) is 6.78. The number of likely N-dealkylation sites (tertiary alicyclic amines) is 1. The van der Waals surface area contributed by atoms with Crippen molar-refractivity contribution in [3.63, 3.8) is 0 Å². The van der Waals surface area contributed by atoms with E-state index in [2.05, 4.69) is 27.4 Å². The van der Waals surface area contributed by atoms with E-state index in [1.54, 1.807) is 0 Å². The summed E-state index contributed by atoms with van der Waals surface area (Å²) >= 11 is 0. The highest BCUT2D eigenvalue weighted by molar-refractivity contribution is 5.79. The van der Waals surface area contributed by atoms with Crippen LogP contribution in [0.4, 0.5) is 0 Å². The second-order valence-corrected chi connectivity index (χ2v) is 6.78. The van der Waals surface area contributed by atoms with Crippen molar-refractivity contribution in [3.05, 3.63) is 23.7 Å². The number of hydrogen-bond donors (Lipinski definition) is 2. The van der Waals surface area contributed by atoms with Crippen LogP contribution < -0.4 is 10.6 Å². The lowest BCUT2D eigenvalue weighted by molar-refractivity contribution is 0.224. The zero-order valence-electron chi connectivity index (χ0n) is 15.6. The largest absolute Gasteiger partial charge is 0.464 e. The molecule has 0 aliphatic carbocycles. The van der Waals surface area contributed by atoms with Crippen LogP contribution in [0, 0.1) is 6.92 Å². The molecule has 1 aliphatic rings. The number of hydrogen-bond acceptors (Lipinski definition) is 3. The summed E-state index contributed by atoms with van der Waals surface area (Å²) in [6, 6.07) is 4.12. The molecule has 0 amide bonds. The standard InChI is InChI=1S/C19H34N4O/c1-16-10-11-18(24-16)17(2)22-19(20-3)21-12-6-4-7-13-23-14-8-5-9-15-23/h10-11,17H,4-9,12-15H2,1-3H3,(H2,20,21,22). The first-order valence-electron chi connectivity index (χ1n) is 9.45. The Bertz CT molecular complexity index is 491. The predicted molar refractivity (Wildman–Crippen MR) is 100 cm³/mol. The van der Waals surface area contributed by atoms with Gasteiger partial charge in [0.15, 0.2) is 5.96 Å². The molecule has 1 aromatic rings. The molecule has 1 aliphatic heterocycles. The molecule has 1 aromatic heterocycles. The average molecular weight is 335 g/mol. The molecule has 5 heteroatoms. The number of unbranched alkanes of at least 4 members (excludes halogenated alkanes) is 2.